The van der Waals surface area contributed by atoms with Crippen LogP contribution in [0.3, 0.4) is 0 Å². The third kappa shape index (κ3) is 6.13. The normalized spacial score (nSPS) is 17.3. The SMILES string of the molecule is CC(C(=O)Nc1cccc(S(=O)(=O)N(C)C)c1)N1CCCN(Cc2ccccc2)CC1. The average molecular weight is 445 g/mol. The van der Waals surface area contributed by atoms with Crippen molar-refractivity contribution in [3.05, 3.63) is 60.2 Å². The Kier molecular flexibility index (Phi) is 7.83. The number of nitrogens with one attached hydrogen (secondary N) is 1. The number of hydrogen-bond donors (Lipinski definition) is 1. The Bertz CT molecular complexity index is 979. The summed E-state index contributed by atoms with van der Waals surface area (Å²) in [4.78, 5) is 17.6. The Hall–Kier alpha value is -2.26. The van der Waals surface area contributed by atoms with Crippen molar-refractivity contribution in [1.29, 1.82) is 0 Å². The van der Waals surface area contributed by atoms with Crippen molar-refractivity contribution in [1.82, 2.24) is 14.1 Å². The van der Waals surface area contributed by atoms with E-state index >= 15 is 0 Å². The zero-order valence-corrected chi connectivity index (χ0v) is 19.3. The second-order valence-electron chi connectivity index (χ2n) is 8.13. The molecule has 1 unspecified atom stereocenters. The van der Waals surface area contributed by atoms with Gasteiger partial charge in [-0.05, 0) is 43.7 Å². The van der Waals surface area contributed by atoms with Crippen molar-refractivity contribution < 1.29 is 13.2 Å². The maximum absolute atomic E-state index is 12.9. The van der Waals surface area contributed by atoms with Crippen LogP contribution in [-0.4, -0.2) is 74.7 Å². The van der Waals surface area contributed by atoms with Gasteiger partial charge in [0.1, 0.15) is 0 Å². The van der Waals surface area contributed by atoms with Gasteiger partial charge in [0.15, 0.2) is 0 Å². The van der Waals surface area contributed by atoms with E-state index in [1.165, 1.54) is 31.8 Å². The van der Waals surface area contributed by atoms with Crippen LogP contribution in [0.5, 0.6) is 0 Å². The number of nitrogens with zero attached hydrogens (tertiary/aromatic N) is 3. The molecule has 7 nitrogen and oxygen atoms in total. The van der Waals surface area contributed by atoms with Gasteiger partial charge in [0.05, 0.1) is 10.9 Å². The molecule has 168 valence electrons. The molecule has 1 N–H and O–H groups in total. The maximum atomic E-state index is 12.9. The second kappa shape index (κ2) is 10.4. The highest BCUT2D eigenvalue weighted by molar-refractivity contribution is 7.89. The van der Waals surface area contributed by atoms with Crippen molar-refractivity contribution in [2.45, 2.75) is 30.8 Å². The first-order chi connectivity index (χ1) is 14.8. The highest BCUT2D eigenvalue weighted by atomic mass is 32.2. The van der Waals surface area contributed by atoms with Gasteiger partial charge in [-0.1, -0.05) is 36.4 Å². The molecule has 0 spiro atoms. The summed E-state index contributed by atoms with van der Waals surface area (Å²) in [5.74, 6) is -0.129. The molecule has 1 aliphatic heterocycles. The average Bonchev–Trinajstić information content (AvgIpc) is 2.99. The molecule has 1 fully saturated rings. The highest BCUT2D eigenvalue weighted by Gasteiger charge is 2.25. The molecule has 0 aromatic heterocycles. The zero-order chi connectivity index (χ0) is 22.4. The van der Waals surface area contributed by atoms with Gasteiger partial charge in [0.25, 0.3) is 0 Å². The number of amides is 1. The van der Waals surface area contributed by atoms with Gasteiger partial charge in [-0.3, -0.25) is 14.6 Å². The molecule has 1 amide bonds. The van der Waals surface area contributed by atoms with Gasteiger partial charge >= 0.3 is 0 Å². The van der Waals surface area contributed by atoms with Crippen molar-refractivity contribution in [3.8, 4) is 0 Å². The van der Waals surface area contributed by atoms with E-state index in [9.17, 15) is 13.2 Å². The molecule has 0 aliphatic carbocycles. The largest absolute Gasteiger partial charge is 0.325 e. The minimum Gasteiger partial charge on any atom is -0.325 e. The van der Waals surface area contributed by atoms with Crippen LogP contribution in [0.15, 0.2) is 59.5 Å². The summed E-state index contributed by atoms with van der Waals surface area (Å²) in [6.45, 7) is 6.41. The summed E-state index contributed by atoms with van der Waals surface area (Å²) in [7, 11) is -0.568. The molecule has 0 saturated carbocycles. The summed E-state index contributed by atoms with van der Waals surface area (Å²) < 4.78 is 25.9. The van der Waals surface area contributed by atoms with Crippen LogP contribution >= 0.6 is 0 Å². The van der Waals surface area contributed by atoms with E-state index in [0.717, 1.165) is 43.4 Å². The minimum atomic E-state index is -3.55. The molecule has 2 aromatic carbocycles. The fourth-order valence-corrected chi connectivity index (χ4v) is 4.68. The van der Waals surface area contributed by atoms with E-state index in [4.69, 9.17) is 0 Å². The van der Waals surface area contributed by atoms with Crippen molar-refractivity contribution in [3.63, 3.8) is 0 Å². The van der Waals surface area contributed by atoms with E-state index in [2.05, 4.69) is 39.4 Å². The third-order valence-corrected chi connectivity index (χ3v) is 7.49. The third-order valence-electron chi connectivity index (χ3n) is 5.68. The predicted molar refractivity (Wildman–Crippen MR) is 123 cm³/mol. The van der Waals surface area contributed by atoms with Crippen LogP contribution in [0.25, 0.3) is 0 Å². The number of benzene rings is 2. The molecule has 31 heavy (non-hydrogen) atoms. The summed E-state index contributed by atoms with van der Waals surface area (Å²) in [6.07, 6.45) is 1.00. The van der Waals surface area contributed by atoms with E-state index in [-0.39, 0.29) is 16.8 Å². The molecule has 1 heterocycles. The Morgan fingerprint density at radius 1 is 1.03 bits per heavy atom. The van der Waals surface area contributed by atoms with E-state index in [1.807, 2.05) is 13.0 Å². The summed E-state index contributed by atoms with van der Waals surface area (Å²) in [6, 6.07) is 16.5. The number of rotatable bonds is 7. The summed E-state index contributed by atoms with van der Waals surface area (Å²) in [5, 5.41) is 2.88. The second-order valence-corrected chi connectivity index (χ2v) is 10.3. The lowest BCUT2D eigenvalue weighted by Gasteiger charge is -2.27. The van der Waals surface area contributed by atoms with Gasteiger partial charge in [0.2, 0.25) is 15.9 Å². The van der Waals surface area contributed by atoms with Gasteiger partial charge in [0, 0.05) is 46.0 Å². The molecule has 3 rings (SSSR count). The Morgan fingerprint density at radius 2 is 1.77 bits per heavy atom. The molecule has 1 aliphatic rings. The molecule has 1 atom stereocenters. The van der Waals surface area contributed by atoms with E-state index in [0.29, 0.717) is 5.69 Å². The quantitative estimate of drug-likeness (QED) is 0.710. The number of carbonyl (C=O) groups is 1. The minimum absolute atomic E-state index is 0.129. The lowest BCUT2D eigenvalue weighted by Crippen LogP contribution is -2.43. The molecule has 0 bridgehead atoms. The molecule has 8 heteroatoms. The fourth-order valence-electron chi connectivity index (χ4n) is 3.74. The zero-order valence-electron chi connectivity index (χ0n) is 18.5. The van der Waals surface area contributed by atoms with Crippen molar-refractivity contribution in [2.75, 3.05) is 45.6 Å². The van der Waals surface area contributed by atoms with Crippen LogP contribution in [0.2, 0.25) is 0 Å². The van der Waals surface area contributed by atoms with Crippen LogP contribution in [0.1, 0.15) is 18.9 Å². The molecule has 1 saturated heterocycles. The maximum Gasteiger partial charge on any atom is 0.242 e. The Morgan fingerprint density at radius 3 is 2.48 bits per heavy atom. The first-order valence-corrected chi connectivity index (χ1v) is 12.0. The van der Waals surface area contributed by atoms with E-state index in [1.54, 1.807) is 12.1 Å². The monoisotopic (exact) mass is 444 g/mol. The van der Waals surface area contributed by atoms with Crippen LogP contribution in [-0.2, 0) is 21.4 Å². The lowest BCUT2D eigenvalue weighted by atomic mass is 10.2. The van der Waals surface area contributed by atoms with Gasteiger partial charge in [-0.25, -0.2) is 12.7 Å². The number of sulfonamides is 1. The summed E-state index contributed by atoms with van der Waals surface area (Å²) >= 11 is 0. The van der Waals surface area contributed by atoms with Gasteiger partial charge in [-0.2, -0.15) is 0 Å². The van der Waals surface area contributed by atoms with E-state index < -0.39 is 10.0 Å². The van der Waals surface area contributed by atoms with Crippen molar-refractivity contribution in [2.24, 2.45) is 0 Å². The van der Waals surface area contributed by atoms with Crippen LogP contribution in [0, 0.1) is 0 Å². The molecule has 2 aromatic rings. The summed E-state index contributed by atoms with van der Waals surface area (Å²) in [5.41, 5.74) is 1.79. The first-order valence-electron chi connectivity index (χ1n) is 10.6. The van der Waals surface area contributed by atoms with Crippen LogP contribution in [0.4, 0.5) is 5.69 Å². The molecule has 0 radical (unpaired) electrons. The van der Waals surface area contributed by atoms with Crippen LogP contribution < -0.4 is 5.32 Å². The lowest BCUT2D eigenvalue weighted by molar-refractivity contribution is -0.120. The Balaban J connectivity index is 1.59. The number of hydrogen-bond acceptors (Lipinski definition) is 5. The smallest absolute Gasteiger partial charge is 0.242 e. The van der Waals surface area contributed by atoms with Gasteiger partial charge < -0.3 is 5.32 Å². The highest BCUT2D eigenvalue weighted by Crippen LogP contribution is 2.19. The standard InChI is InChI=1S/C23H32N4O3S/c1-19(23(28)24-21-11-7-12-22(17-21)31(29,30)25(2)3)27-14-8-13-26(15-16-27)18-20-9-5-4-6-10-20/h4-7,9-12,17,19H,8,13-16,18H2,1-3H3,(H,24,28). The topological polar surface area (TPSA) is 73.0 Å². The van der Waals surface area contributed by atoms with Gasteiger partial charge in [-0.15, -0.1) is 0 Å². The van der Waals surface area contributed by atoms with Crippen molar-refractivity contribution >= 4 is 21.6 Å². The number of carbonyl (C=O) groups excluding carboxylic acids is 1. The first kappa shape index (κ1) is 23.4. The number of anilines is 1. The Labute approximate surface area is 185 Å². The molecular formula is C23H32N4O3S. The molecular weight excluding hydrogens is 412 g/mol. The fraction of sp³-hybridized carbons (Fsp3) is 0.435. The predicted octanol–water partition coefficient (Wildman–Crippen LogP) is 2.47.